The van der Waals surface area contributed by atoms with Crippen LogP contribution >= 0.6 is 11.6 Å². The highest BCUT2D eigenvalue weighted by Gasteiger charge is 2.32. The van der Waals surface area contributed by atoms with Crippen LogP contribution in [0.1, 0.15) is 26.3 Å². The zero-order valence-electron chi connectivity index (χ0n) is 12.2. The van der Waals surface area contributed by atoms with Crippen molar-refractivity contribution in [3.8, 4) is 0 Å². The Morgan fingerprint density at radius 3 is 2.79 bits per heavy atom. The molecule has 4 heteroatoms. The van der Waals surface area contributed by atoms with E-state index in [1.165, 1.54) is 5.56 Å². The molecule has 3 nitrogen and oxygen atoms in total. The highest BCUT2D eigenvalue weighted by molar-refractivity contribution is 6.33. The average molecular weight is 283 g/mol. The molecule has 0 aromatic heterocycles. The van der Waals surface area contributed by atoms with Gasteiger partial charge in [-0.1, -0.05) is 17.7 Å². The lowest BCUT2D eigenvalue weighted by Gasteiger charge is -2.43. The molecule has 0 spiro atoms. The SMILES string of the molecule is CNCc1ccc(N2CC(C)OC(C)(C)C2)c(Cl)c1. The van der Waals surface area contributed by atoms with Crippen molar-refractivity contribution >= 4 is 17.3 Å². The molecule has 2 rings (SSSR count). The summed E-state index contributed by atoms with van der Waals surface area (Å²) in [5, 5.41) is 3.96. The summed E-state index contributed by atoms with van der Waals surface area (Å²) in [7, 11) is 1.94. The minimum atomic E-state index is -0.134. The van der Waals surface area contributed by atoms with Gasteiger partial charge >= 0.3 is 0 Å². The second-order valence-corrected chi connectivity index (χ2v) is 6.29. The summed E-state index contributed by atoms with van der Waals surface area (Å²) < 4.78 is 5.93. The summed E-state index contributed by atoms with van der Waals surface area (Å²) in [4.78, 5) is 2.32. The van der Waals surface area contributed by atoms with Crippen molar-refractivity contribution in [2.24, 2.45) is 0 Å². The summed E-state index contributed by atoms with van der Waals surface area (Å²) in [6.45, 7) is 8.94. The summed E-state index contributed by atoms with van der Waals surface area (Å²) in [5.41, 5.74) is 2.17. The van der Waals surface area contributed by atoms with Crippen molar-refractivity contribution < 1.29 is 4.74 Å². The molecular weight excluding hydrogens is 260 g/mol. The molecule has 1 aromatic rings. The van der Waals surface area contributed by atoms with E-state index in [-0.39, 0.29) is 11.7 Å². The van der Waals surface area contributed by atoms with Crippen molar-refractivity contribution in [3.63, 3.8) is 0 Å². The predicted molar refractivity (Wildman–Crippen MR) is 81.1 cm³/mol. The van der Waals surface area contributed by atoms with E-state index in [1.54, 1.807) is 0 Å². The Morgan fingerprint density at radius 2 is 2.21 bits per heavy atom. The van der Waals surface area contributed by atoms with E-state index < -0.39 is 0 Å². The van der Waals surface area contributed by atoms with Crippen LogP contribution in [-0.4, -0.2) is 31.8 Å². The van der Waals surface area contributed by atoms with Gasteiger partial charge in [-0.3, -0.25) is 0 Å². The zero-order chi connectivity index (χ0) is 14.0. The van der Waals surface area contributed by atoms with E-state index in [2.05, 4.69) is 43.1 Å². The monoisotopic (exact) mass is 282 g/mol. The maximum atomic E-state index is 6.43. The number of ether oxygens (including phenoxy) is 1. The fourth-order valence-electron chi connectivity index (χ4n) is 2.76. The van der Waals surface area contributed by atoms with Gasteiger partial charge in [0.15, 0.2) is 0 Å². The van der Waals surface area contributed by atoms with E-state index >= 15 is 0 Å². The highest BCUT2D eigenvalue weighted by Crippen LogP contribution is 2.31. The molecule has 106 valence electrons. The third kappa shape index (κ3) is 3.62. The molecule has 1 aliphatic rings. The van der Waals surface area contributed by atoms with Gasteiger partial charge in [0.25, 0.3) is 0 Å². The molecule has 0 radical (unpaired) electrons. The molecule has 1 aromatic carbocycles. The molecule has 1 N–H and O–H groups in total. The van der Waals surface area contributed by atoms with Gasteiger partial charge in [-0.2, -0.15) is 0 Å². The molecular formula is C15H23ClN2O. The van der Waals surface area contributed by atoms with Crippen LogP contribution < -0.4 is 10.2 Å². The number of hydrogen-bond donors (Lipinski definition) is 1. The number of nitrogens with one attached hydrogen (secondary N) is 1. The molecule has 1 heterocycles. The van der Waals surface area contributed by atoms with Crippen LogP contribution in [-0.2, 0) is 11.3 Å². The highest BCUT2D eigenvalue weighted by atomic mass is 35.5. The largest absolute Gasteiger partial charge is 0.369 e. The Morgan fingerprint density at radius 1 is 1.47 bits per heavy atom. The van der Waals surface area contributed by atoms with Gasteiger partial charge in [-0.25, -0.2) is 0 Å². The van der Waals surface area contributed by atoms with Gasteiger partial charge in [-0.15, -0.1) is 0 Å². The first-order chi connectivity index (χ1) is 8.91. The number of morpholine rings is 1. The first kappa shape index (κ1) is 14.6. The Bertz CT molecular complexity index is 448. The summed E-state index contributed by atoms with van der Waals surface area (Å²) in [5.74, 6) is 0. The molecule has 19 heavy (non-hydrogen) atoms. The normalized spacial score (nSPS) is 22.6. The first-order valence-electron chi connectivity index (χ1n) is 6.77. The maximum Gasteiger partial charge on any atom is 0.0805 e. The van der Waals surface area contributed by atoms with Gasteiger partial charge in [0.1, 0.15) is 0 Å². The van der Waals surface area contributed by atoms with Gasteiger partial charge in [0.2, 0.25) is 0 Å². The fourth-order valence-corrected chi connectivity index (χ4v) is 3.08. The molecule has 1 fully saturated rings. The number of benzene rings is 1. The number of halogens is 1. The van der Waals surface area contributed by atoms with E-state index in [4.69, 9.17) is 16.3 Å². The van der Waals surface area contributed by atoms with Gasteiger partial charge in [0.05, 0.1) is 22.4 Å². The Hall–Kier alpha value is -0.770. The van der Waals surface area contributed by atoms with Crippen molar-refractivity contribution in [2.45, 2.75) is 39.0 Å². The Balaban J connectivity index is 2.21. The summed E-state index contributed by atoms with van der Waals surface area (Å²) >= 11 is 6.43. The second-order valence-electron chi connectivity index (χ2n) is 5.88. The van der Waals surface area contributed by atoms with Crippen LogP contribution in [0.2, 0.25) is 5.02 Å². The zero-order valence-corrected chi connectivity index (χ0v) is 12.9. The number of anilines is 1. The molecule has 1 saturated heterocycles. The van der Waals surface area contributed by atoms with E-state index in [0.29, 0.717) is 0 Å². The van der Waals surface area contributed by atoms with Crippen LogP contribution in [0.25, 0.3) is 0 Å². The quantitative estimate of drug-likeness (QED) is 0.922. The van der Waals surface area contributed by atoms with Crippen LogP contribution in [0, 0.1) is 0 Å². The van der Waals surface area contributed by atoms with Crippen LogP contribution in [0.15, 0.2) is 18.2 Å². The van der Waals surface area contributed by atoms with Crippen LogP contribution in [0.4, 0.5) is 5.69 Å². The van der Waals surface area contributed by atoms with Crippen LogP contribution in [0.5, 0.6) is 0 Å². The predicted octanol–water partition coefficient (Wildman–Crippen LogP) is 3.06. The molecule has 1 unspecified atom stereocenters. The lowest BCUT2D eigenvalue weighted by Crippen LogP contribution is -2.52. The Kier molecular flexibility index (Phi) is 4.39. The van der Waals surface area contributed by atoms with E-state index in [0.717, 1.165) is 30.3 Å². The first-order valence-corrected chi connectivity index (χ1v) is 7.15. The standard InChI is InChI=1S/C15H23ClN2O/c1-11-9-18(10-15(2,3)19-11)14-6-5-12(8-17-4)7-13(14)16/h5-7,11,17H,8-10H2,1-4H3. The van der Waals surface area contributed by atoms with Crippen molar-refractivity contribution in [1.82, 2.24) is 5.32 Å². The van der Waals surface area contributed by atoms with Crippen molar-refractivity contribution in [1.29, 1.82) is 0 Å². The van der Waals surface area contributed by atoms with Crippen LogP contribution in [0.3, 0.4) is 0 Å². The number of hydrogen-bond acceptors (Lipinski definition) is 3. The van der Waals surface area contributed by atoms with E-state index in [1.807, 2.05) is 13.1 Å². The summed E-state index contributed by atoms with van der Waals surface area (Å²) in [6, 6.07) is 6.29. The second kappa shape index (κ2) is 5.70. The molecule has 0 aliphatic carbocycles. The molecule has 1 atom stereocenters. The van der Waals surface area contributed by atoms with Crippen molar-refractivity contribution in [3.05, 3.63) is 28.8 Å². The molecule has 0 bridgehead atoms. The molecule has 0 amide bonds. The number of rotatable bonds is 3. The minimum Gasteiger partial charge on any atom is -0.369 e. The summed E-state index contributed by atoms with van der Waals surface area (Å²) in [6.07, 6.45) is 0.219. The lowest BCUT2D eigenvalue weighted by atomic mass is 10.0. The van der Waals surface area contributed by atoms with Gasteiger partial charge in [-0.05, 0) is 45.5 Å². The smallest absolute Gasteiger partial charge is 0.0805 e. The third-order valence-electron chi connectivity index (χ3n) is 3.30. The minimum absolute atomic E-state index is 0.134. The van der Waals surface area contributed by atoms with Gasteiger partial charge in [0, 0.05) is 19.6 Å². The van der Waals surface area contributed by atoms with Crippen molar-refractivity contribution in [2.75, 3.05) is 25.0 Å². The molecule has 1 aliphatic heterocycles. The Labute approximate surface area is 120 Å². The lowest BCUT2D eigenvalue weighted by molar-refractivity contribution is -0.0749. The maximum absolute atomic E-state index is 6.43. The average Bonchev–Trinajstić information content (AvgIpc) is 2.26. The van der Waals surface area contributed by atoms with E-state index in [9.17, 15) is 0 Å². The number of nitrogens with zero attached hydrogens (tertiary/aromatic N) is 1. The third-order valence-corrected chi connectivity index (χ3v) is 3.61. The topological polar surface area (TPSA) is 24.5 Å². The fraction of sp³-hybridized carbons (Fsp3) is 0.600. The van der Waals surface area contributed by atoms with Gasteiger partial charge < -0.3 is 15.0 Å². The molecule has 0 saturated carbocycles.